The molecule has 0 unspecified atom stereocenters. The van der Waals surface area contributed by atoms with Crippen LogP contribution in [-0.2, 0) is 20.8 Å². The molecule has 1 heterocycles. The summed E-state index contributed by atoms with van der Waals surface area (Å²) in [6, 6.07) is 15.4. The minimum Gasteiger partial charge on any atom is -0.446 e. The number of nitrogens with zero attached hydrogens (tertiary/aromatic N) is 4. The van der Waals surface area contributed by atoms with Crippen LogP contribution in [0.2, 0.25) is 0 Å². The van der Waals surface area contributed by atoms with Crippen molar-refractivity contribution in [3.05, 3.63) is 59.7 Å². The van der Waals surface area contributed by atoms with Crippen LogP contribution in [0.15, 0.2) is 48.5 Å². The van der Waals surface area contributed by atoms with Gasteiger partial charge in [-0.05, 0) is 38.8 Å². The van der Waals surface area contributed by atoms with Crippen molar-refractivity contribution in [2.45, 2.75) is 13.3 Å². The van der Waals surface area contributed by atoms with Gasteiger partial charge in [0.2, 0.25) is 0 Å². The van der Waals surface area contributed by atoms with Crippen LogP contribution in [0.25, 0.3) is 22.5 Å². The number of nitrogens with one attached hydrogen (secondary N) is 1. The summed E-state index contributed by atoms with van der Waals surface area (Å²) in [5.74, 6) is -0.614. The van der Waals surface area contributed by atoms with Crippen LogP contribution in [0.4, 0.5) is 10.5 Å². The van der Waals surface area contributed by atoms with Gasteiger partial charge in [-0.1, -0.05) is 36.4 Å². The van der Waals surface area contributed by atoms with E-state index in [4.69, 9.17) is 9.57 Å². The van der Waals surface area contributed by atoms with E-state index in [0.717, 1.165) is 47.1 Å². The van der Waals surface area contributed by atoms with Crippen LogP contribution in [0, 0.1) is 0 Å². The molecule has 3 aromatic rings. The number of ether oxygens (including phenoxy) is 1. The van der Waals surface area contributed by atoms with Crippen LogP contribution in [-0.4, -0.2) is 79.4 Å². The average molecular weight is 478 g/mol. The summed E-state index contributed by atoms with van der Waals surface area (Å²) in [5, 5.41) is 8.57. The number of aromatic amines is 1. The third-order valence-corrected chi connectivity index (χ3v) is 5.91. The quantitative estimate of drug-likeness (QED) is 0.388. The maximum atomic E-state index is 12.7. The third kappa shape index (κ3) is 5.70. The Bertz CT molecular complexity index is 1190. The summed E-state index contributed by atoms with van der Waals surface area (Å²) >= 11 is 0. The monoisotopic (exact) mass is 477 g/mol. The van der Waals surface area contributed by atoms with E-state index in [-0.39, 0.29) is 6.61 Å². The first kappa shape index (κ1) is 24.4. The number of rotatable bonds is 8. The molecule has 35 heavy (non-hydrogen) atoms. The summed E-state index contributed by atoms with van der Waals surface area (Å²) in [6.07, 6.45) is 0.0682. The van der Waals surface area contributed by atoms with Crippen LogP contribution in [0.3, 0.4) is 0 Å². The largest absolute Gasteiger partial charge is 0.448 e. The zero-order valence-electron chi connectivity index (χ0n) is 20.6. The maximum Gasteiger partial charge on any atom is 0.448 e. The van der Waals surface area contributed by atoms with E-state index in [0.29, 0.717) is 12.2 Å². The summed E-state index contributed by atoms with van der Waals surface area (Å²) in [4.78, 5) is 33.7. The van der Waals surface area contributed by atoms with Gasteiger partial charge >= 0.3 is 12.1 Å². The molecular weight excluding hydrogens is 446 g/mol. The summed E-state index contributed by atoms with van der Waals surface area (Å²) in [5.41, 5.74) is 6.79. The molecule has 1 N–H and O–H groups in total. The van der Waals surface area contributed by atoms with Crippen LogP contribution in [0.5, 0.6) is 0 Å². The first-order chi connectivity index (χ1) is 16.8. The van der Waals surface area contributed by atoms with Crippen LogP contribution < -0.4 is 5.06 Å². The van der Waals surface area contributed by atoms with Gasteiger partial charge in [0.15, 0.2) is 0 Å². The molecule has 184 valence electrons. The second-order valence-electron chi connectivity index (χ2n) is 8.90. The smallest absolute Gasteiger partial charge is 0.446 e. The van der Waals surface area contributed by atoms with Gasteiger partial charge in [0.1, 0.15) is 6.61 Å². The lowest BCUT2D eigenvalue weighted by atomic mass is 10.1. The van der Waals surface area contributed by atoms with Crippen molar-refractivity contribution in [3.8, 4) is 22.5 Å². The molecule has 1 aromatic heterocycles. The second kappa shape index (κ2) is 10.7. The SMILES string of the molecule is CC(=O)ON(C(=O)OCCN(C)CCN(C)C)c1ccc(-c2n[nH]c3c2Cc2ccccc2-3)cc1. The van der Waals surface area contributed by atoms with E-state index in [2.05, 4.69) is 32.1 Å². The number of amides is 1. The van der Waals surface area contributed by atoms with Gasteiger partial charge in [-0.25, -0.2) is 9.59 Å². The summed E-state index contributed by atoms with van der Waals surface area (Å²) in [7, 11) is 5.98. The summed E-state index contributed by atoms with van der Waals surface area (Å²) in [6.45, 7) is 3.75. The van der Waals surface area contributed by atoms with Gasteiger partial charge in [0.05, 0.1) is 17.1 Å². The number of carbonyl (C=O) groups excluding carboxylic acids is 2. The zero-order chi connectivity index (χ0) is 24.9. The number of likely N-dealkylation sites (N-methyl/N-ethyl adjacent to an activating group) is 2. The highest BCUT2D eigenvalue weighted by atomic mass is 16.7. The molecule has 0 fully saturated rings. The lowest BCUT2D eigenvalue weighted by Gasteiger charge is -2.22. The fourth-order valence-corrected chi connectivity index (χ4v) is 4.02. The number of carbonyl (C=O) groups is 2. The Labute approximate surface area is 205 Å². The van der Waals surface area contributed by atoms with E-state index in [1.165, 1.54) is 18.1 Å². The van der Waals surface area contributed by atoms with Gasteiger partial charge in [-0.15, -0.1) is 5.06 Å². The van der Waals surface area contributed by atoms with Crippen molar-refractivity contribution < 1.29 is 19.2 Å². The lowest BCUT2D eigenvalue weighted by Crippen LogP contribution is -2.36. The molecule has 9 nitrogen and oxygen atoms in total. The standard InChI is InChI=1S/C26H31N5O4/c1-18(32)35-31(26(33)34-16-15-30(4)14-13-29(2)3)21-11-9-19(10-12-21)24-23-17-20-7-5-6-8-22(20)25(23)28-27-24/h5-12H,13-17H2,1-4H3,(H,27,28). The number of fused-ring (bicyclic) bond motifs is 3. The van der Waals surface area contributed by atoms with Gasteiger partial charge in [0, 0.05) is 49.7 Å². The predicted octanol–water partition coefficient (Wildman–Crippen LogP) is 3.56. The molecule has 0 saturated heterocycles. The van der Waals surface area contributed by atoms with Crippen molar-refractivity contribution in [2.24, 2.45) is 0 Å². The number of H-pyrrole nitrogens is 1. The second-order valence-corrected chi connectivity index (χ2v) is 8.90. The highest BCUT2D eigenvalue weighted by Crippen LogP contribution is 2.40. The minimum atomic E-state index is -0.745. The van der Waals surface area contributed by atoms with Gasteiger partial charge < -0.3 is 19.4 Å². The summed E-state index contributed by atoms with van der Waals surface area (Å²) < 4.78 is 5.37. The Balaban J connectivity index is 1.43. The van der Waals surface area contributed by atoms with Crippen molar-refractivity contribution >= 4 is 17.7 Å². The molecule has 9 heteroatoms. The molecule has 1 amide bonds. The Morgan fingerprint density at radius 2 is 1.74 bits per heavy atom. The number of hydrogen-bond acceptors (Lipinski definition) is 7. The van der Waals surface area contributed by atoms with Crippen LogP contribution >= 0.6 is 0 Å². The van der Waals surface area contributed by atoms with Gasteiger partial charge in [-0.3, -0.25) is 5.10 Å². The van der Waals surface area contributed by atoms with Gasteiger partial charge in [-0.2, -0.15) is 5.10 Å². The first-order valence-electron chi connectivity index (χ1n) is 11.6. The fourth-order valence-electron chi connectivity index (χ4n) is 4.02. The third-order valence-electron chi connectivity index (χ3n) is 5.91. The fraction of sp³-hybridized carbons (Fsp3) is 0.346. The molecule has 2 aromatic carbocycles. The number of benzene rings is 2. The highest BCUT2D eigenvalue weighted by Gasteiger charge is 2.26. The lowest BCUT2D eigenvalue weighted by molar-refractivity contribution is -0.141. The van der Waals surface area contributed by atoms with E-state index >= 15 is 0 Å². The highest BCUT2D eigenvalue weighted by molar-refractivity contribution is 5.88. The number of aromatic nitrogens is 2. The first-order valence-corrected chi connectivity index (χ1v) is 11.6. The Morgan fingerprint density at radius 3 is 2.46 bits per heavy atom. The Morgan fingerprint density at radius 1 is 1.00 bits per heavy atom. The molecule has 0 atom stereocenters. The topological polar surface area (TPSA) is 91.0 Å². The van der Waals surface area contributed by atoms with Crippen molar-refractivity contribution in [1.82, 2.24) is 20.0 Å². The van der Waals surface area contributed by atoms with Crippen molar-refractivity contribution in [2.75, 3.05) is 52.4 Å². The molecule has 4 rings (SSSR count). The van der Waals surface area contributed by atoms with E-state index < -0.39 is 12.1 Å². The zero-order valence-corrected chi connectivity index (χ0v) is 20.6. The van der Waals surface area contributed by atoms with Crippen LogP contribution in [0.1, 0.15) is 18.1 Å². The van der Waals surface area contributed by atoms with Crippen molar-refractivity contribution in [1.29, 1.82) is 0 Å². The number of anilines is 1. The number of hydroxylamine groups is 1. The predicted molar refractivity (Wildman–Crippen MR) is 134 cm³/mol. The molecule has 1 aliphatic rings. The minimum absolute atomic E-state index is 0.179. The average Bonchev–Trinajstić information content (AvgIpc) is 3.40. The van der Waals surface area contributed by atoms with Crippen molar-refractivity contribution in [3.63, 3.8) is 0 Å². The molecule has 0 aliphatic heterocycles. The van der Waals surface area contributed by atoms with E-state index in [1.807, 2.05) is 45.4 Å². The molecule has 1 aliphatic carbocycles. The van der Waals surface area contributed by atoms with E-state index in [1.54, 1.807) is 12.1 Å². The maximum absolute atomic E-state index is 12.7. The molecular formula is C26H31N5O4. The normalized spacial score (nSPS) is 11.9. The molecule has 0 radical (unpaired) electrons. The Kier molecular flexibility index (Phi) is 7.48. The van der Waals surface area contributed by atoms with Gasteiger partial charge in [0.25, 0.3) is 0 Å². The van der Waals surface area contributed by atoms with E-state index in [9.17, 15) is 9.59 Å². The number of hydrogen-bond donors (Lipinski definition) is 1. The molecule has 0 saturated carbocycles. The molecule has 0 spiro atoms. The Hall–Kier alpha value is -3.69. The molecule has 0 bridgehead atoms.